The zero-order chi connectivity index (χ0) is 17.5. The topological polar surface area (TPSA) is 82.1 Å². The number of anilines is 1. The first kappa shape index (κ1) is 17.9. The van der Waals surface area contributed by atoms with Gasteiger partial charge >= 0.3 is 0 Å². The number of benzene rings is 1. The number of nitrogens with zero attached hydrogens (tertiary/aromatic N) is 2. The van der Waals surface area contributed by atoms with Crippen molar-refractivity contribution < 1.29 is 24.2 Å². The smallest absolute Gasteiger partial charge is 0.222 e. The van der Waals surface area contributed by atoms with Crippen LogP contribution in [0.4, 0.5) is 5.69 Å². The van der Waals surface area contributed by atoms with Gasteiger partial charge in [0, 0.05) is 50.3 Å². The van der Waals surface area contributed by atoms with Gasteiger partial charge in [0.05, 0.1) is 14.2 Å². The van der Waals surface area contributed by atoms with Crippen LogP contribution in [0.1, 0.15) is 19.3 Å². The number of methoxy groups -OCH3 is 2. The number of hydrogen-bond donors (Lipinski definition) is 0. The van der Waals surface area contributed by atoms with E-state index >= 15 is 0 Å². The number of ether oxygens (including phenoxy) is 2. The van der Waals surface area contributed by atoms with Crippen LogP contribution in [0.2, 0.25) is 0 Å². The number of carbonyl (C=O) groups excluding carboxylic acids is 2. The summed E-state index contributed by atoms with van der Waals surface area (Å²) in [6, 6.07) is 5.76. The molecule has 1 heterocycles. The van der Waals surface area contributed by atoms with Crippen LogP contribution in [0, 0.1) is 0 Å². The van der Waals surface area contributed by atoms with Crippen molar-refractivity contribution in [2.24, 2.45) is 0 Å². The Hall–Kier alpha value is -2.44. The first-order valence-electron chi connectivity index (χ1n) is 7.99. The fourth-order valence-corrected chi connectivity index (χ4v) is 2.78. The lowest BCUT2D eigenvalue weighted by molar-refractivity contribution is -0.305. The molecule has 1 aromatic rings. The van der Waals surface area contributed by atoms with Crippen molar-refractivity contribution in [3.63, 3.8) is 0 Å². The van der Waals surface area contributed by atoms with E-state index in [1.807, 2.05) is 18.2 Å². The minimum absolute atomic E-state index is 0.00297. The monoisotopic (exact) mass is 335 g/mol. The number of rotatable bonds is 7. The third-order valence-corrected chi connectivity index (χ3v) is 4.14. The lowest BCUT2D eigenvalue weighted by Gasteiger charge is -2.36. The van der Waals surface area contributed by atoms with E-state index in [-0.39, 0.29) is 18.7 Å². The van der Waals surface area contributed by atoms with E-state index in [4.69, 9.17) is 9.47 Å². The van der Waals surface area contributed by atoms with Gasteiger partial charge in [-0.3, -0.25) is 4.79 Å². The van der Waals surface area contributed by atoms with E-state index in [0.717, 1.165) is 18.8 Å². The first-order valence-corrected chi connectivity index (χ1v) is 7.99. The highest BCUT2D eigenvalue weighted by atomic mass is 16.5. The molecule has 0 saturated carbocycles. The predicted molar refractivity (Wildman–Crippen MR) is 87.2 cm³/mol. The molecule has 7 nitrogen and oxygen atoms in total. The van der Waals surface area contributed by atoms with Gasteiger partial charge in [-0.2, -0.15) is 0 Å². The van der Waals surface area contributed by atoms with Gasteiger partial charge in [0.2, 0.25) is 5.91 Å². The molecule has 1 aromatic carbocycles. The molecule has 0 N–H and O–H groups in total. The molecule has 24 heavy (non-hydrogen) atoms. The fourth-order valence-electron chi connectivity index (χ4n) is 2.78. The molecule has 1 saturated heterocycles. The average molecular weight is 335 g/mol. The van der Waals surface area contributed by atoms with Gasteiger partial charge in [-0.05, 0) is 25.0 Å². The van der Waals surface area contributed by atoms with E-state index in [9.17, 15) is 14.7 Å². The Kier molecular flexibility index (Phi) is 6.28. The molecule has 0 radical (unpaired) electrons. The molecular weight excluding hydrogens is 312 g/mol. The molecule has 1 fully saturated rings. The fraction of sp³-hybridized carbons (Fsp3) is 0.529. The molecule has 1 aliphatic heterocycles. The van der Waals surface area contributed by atoms with Crippen molar-refractivity contribution in [3.05, 3.63) is 18.2 Å². The van der Waals surface area contributed by atoms with Crippen molar-refractivity contribution in [3.8, 4) is 11.5 Å². The Morgan fingerprint density at radius 2 is 1.71 bits per heavy atom. The maximum atomic E-state index is 12.1. The van der Waals surface area contributed by atoms with Crippen LogP contribution in [0.3, 0.4) is 0 Å². The van der Waals surface area contributed by atoms with Crippen molar-refractivity contribution in [1.82, 2.24) is 4.90 Å². The Bertz CT molecular complexity index is 582. The third-order valence-electron chi connectivity index (χ3n) is 4.14. The molecule has 1 aliphatic rings. The van der Waals surface area contributed by atoms with Gasteiger partial charge in [0.1, 0.15) is 0 Å². The van der Waals surface area contributed by atoms with Crippen molar-refractivity contribution >= 4 is 17.6 Å². The molecule has 7 heteroatoms. The number of piperazine rings is 1. The van der Waals surface area contributed by atoms with Gasteiger partial charge in [-0.1, -0.05) is 0 Å². The summed E-state index contributed by atoms with van der Waals surface area (Å²) >= 11 is 0. The maximum absolute atomic E-state index is 12.1. The molecular formula is C17H23N2O5-. The van der Waals surface area contributed by atoms with Crippen molar-refractivity contribution in [2.75, 3.05) is 45.3 Å². The molecule has 0 atom stereocenters. The summed E-state index contributed by atoms with van der Waals surface area (Å²) in [6.07, 6.45) is 0.513. The van der Waals surface area contributed by atoms with Crippen molar-refractivity contribution in [2.45, 2.75) is 19.3 Å². The normalized spacial score (nSPS) is 14.4. The van der Waals surface area contributed by atoms with E-state index in [2.05, 4.69) is 4.90 Å². The second kappa shape index (κ2) is 8.42. The Morgan fingerprint density at radius 3 is 2.29 bits per heavy atom. The summed E-state index contributed by atoms with van der Waals surface area (Å²) in [5, 5.41) is 10.4. The lowest BCUT2D eigenvalue weighted by atomic mass is 10.2. The molecule has 0 aliphatic carbocycles. The predicted octanol–water partition coefficient (Wildman–Crippen LogP) is 0.273. The summed E-state index contributed by atoms with van der Waals surface area (Å²) in [5.41, 5.74) is 1.02. The zero-order valence-electron chi connectivity index (χ0n) is 14.1. The van der Waals surface area contributed by atoms with Crippen LogP contribution in [-0.2, 0) is 9.59 Å². The number of amides is 1. The van der Waals surface area contributed by atoms with E-state index in [0.29, 0.717) is 31.0 Å². The van der Waals surface area contributed by atoms with E-state index < -0.39 is 5.97 Å². The Morgan fingerprint density at radius 1 is 1.04 bits per heavy atom. The molecule has 1 amide bonds. The summed E-state index contributed by atoms with van der Waals surface area (Å²) in [5.74, 6) is 0.253. The third kappa shape index (κ3) is 4.53. The van der Waals surface area contributed by atoms with Crippen LogP contribution in [-0.4, -0.2) is 57.2 Å². The SMILES string of the molecule is COc1ccc(N2CCN(C(=O)CCCC(=O)[O-])CC2)cc1OC. The number of aliphatic carboxylic acids is 1. The Labute approximate surface area is 141 Å². The molecule has 0 bridgehead atoms. The molecule has 2 rings (SSSR count). The second-order valence-electron chi connectivity index (χ2n) is 5.63. The highest BCUT2D eigenvalue weighted by molar-refractivity contribution is 5.77. The zero-order valence-corrected chi connectivity index (χ0v) is 14.1. The van der Waals surface area contributed by atoms with Crippen LogP contribution < -0.4 is 19.5 Å². The average Bonchev–Trinajstić information content (AvgIpc) is 2.60. The molecule has 0 unspecified atom stereocenters. The number of hydrogen-bond acceptors (Lipinski definition) is 6. The second-order valence-corrected chi connectivity index (χ2v) is 5.63. The molecule has 0 spiro atoms. The standard InChI is InChI=1S/C17H24N2O5/c1-23-14-7-6-13(12-15(14)24-2)18-8-10-19(11-9-18)16(20)4-3-5-17(21)22/h6-7,12H,3-5,8-11H2,1-2H3,(H,21,22)/p-1. The molecule has 132 valence electrons. The highest BCUT2D eigenvalue weighted by Crippen LogP contribution is 2.31. The Balaban J connectivity index is 1.88. The van der Waals surface area contributed by atoms with Gasteiger partial charge in [0.15, 0.2) is 11.5 Å². The van der Waals surface area contributed by atoms with Crippen LogP contribution >= 0.6 is 0 Å². The quantitative estimate of drug-likeness (QED) is 0.711. The van der Waals surface area contributed by atoms with Gasteiger partial charge in [-0.15, -0.1) is 0 Å². The summed E-state index contributed by atoms with van der Waals surface area (Å²) < 4.78 is 10.6. The number of carboxylic acid groups (broad SMARTS) is 1. The summed E-state index contributed by atoms with van der Waals surface area (Å²) in [4.78, 5) is 26.4. The summed E-state index contributed by atoms with van der Waals surface area (Å²) in [7, 11) is 3.20. The minimum atomic E-state index is -1.11. The number of carboxylic acids is 1. The van der Waals surface area contributed by atoms with Crippen molar-refractivity contribution in [1.29, 1.82) is 0 Å². The van der Waals surface area contributed by atoms with Gasteiger partial charge in [0.25, 0.3) is 0 Å². The lowest BCUT2D eigenvalue weighted by Crippen LogP contribution is -2.48. The summed E-state index contributed by atoms with van der Waals surface area (Å²) in [6.45, 7) is 2.69. The van der Waals surface area contributed by atoms with Crippen LogP contribution in [0.15, 0.2) is 18.2 Å². The maximum Gasteiger partial charge on any atom is 0.222 e. The number of carbonyl (C=O) groups is 2. The molecule has 0 aromatic heterocycles. The first-order chi connectivity index (χ1) is 11.5. The largest absolute Gasteiger partial charge is 0.550 e. The minimum Gasteiger partial charge on any atom is -0.550 e. The van der Waals surface area contributed by atoms with Crippen LogP contribution in [0.5, 0.6) is 11.5 Å². The van der Waals surface area contributed by atoms with Gasteiger partial charge < -0.3 is 29.2 Å². The van der Waals surface area contributed by atoms with Gasteiger partial charge in [-0.25, -0.2) is 0 Å². The van der Waals surface area contributed by atoms with E-state index in [1.165, 1.54) is 0 Å². The van der Waals surface area contributed by atoms with Crippen LogP contribution in [0.25, 0.3) is 0 Å². The van der Waals surface area contributed by atoms with E-state index in [1.54, 1.807) is 19.1 Å². The highest BCUT2D eigenvalue weighted by Gasteiger charge is 2.21.